The van der Waals surface area contributed by atoms with Crippen LogP contribution in [-0.2, 0) is 16.1 Å². The highest BCUT2D eigenvalue weighted by Gasteiger charge is 2.41. The van der Waals surface area contributed by atoms with Crippen molar-refractivity contribution in [1.29, 1.82) is 0 Å². The largest absolute Gasteiger partial charge is 0.378 e. The van der Waals surface area contributed by atoms with Gasteiger partial charge in [-0.25, -0.2) is 23.4 Å². The summed E-state index contributed by atoms with van der Waals surface area (Å²) in [4.78, 5) is 41.1. The minimum Gasteiger partial charge on any atom is -0.378 e. The molecule has 4 bridgehead atoms. The Kier molecular flexibility index (Phi) is 8.00. The summed E-state index contributed by atoms with van der Waals surface area (Å²) in [6.07, 6.45) is 3.12. The van der Waals surface area contributed by atoms with E-state index in [9.17, 15) is 13.6 Å². The van der Waals surface area contributed by atoms with Gasteiger partial charge in [0, 0.05) is 45.6 Å². The Morgan fingerprint density at radius 3 is 2.64 bits per heavy atom. The van der Waals surface area contributed by atoms with E-state index in [2.05, 4.69) is 20.4 Å². The van der Waals surface area contributed by atoms with Crippen molar-refractivity contribution < 1.29 is 18.3 Å². The molecule has 7 heterocycles. The number of ether oxygens (including phenoxy) is 1. The maximum atomic E-state index is 14.9. The Hall–Kier alpha value is -4.99. The van der Waals surface area contributed by atoms with Crippen molar-refractivity contribution >= 4 is 62.8 Å². The molecule has 0 radical (unpaired) electrons. The summed E-state index contributed by atoms with van der Waals surface area (Å²) >= 11 is 13.2. The first-order valence-electron chi connectivity index (χ1n) is 15.8. The second kappa shape index (κ2) is 12.4. The molecule has 0 aliphatic carbocycles. The van der Waals surface area contributed by atoms with E-state index in [0.29, 0.717) is 52.9 Å². The van der Waals surface area contributed by atoms with Gasteiger partial charge in [-0.05, 0) is 55.3 Å². The van der Waals surface area contributed by atoms with Crippen molar-refractivity contribution in [3.8, 4) is 17.1 Å². The zero-order valence-corrected chi connectivity index (χ0v) is 28.5. The Balaban J connectivity index is 1.25. The van der Waals surface area contributed by atoms with Gasteiger partial charge in [-0.2, -0.15) is 15.1 Å². The molecule has 0 unspecified atom stereocenters. The molecule has 1 aromatic carbocycles. The van der Waals surface area contributed by atoms with Gasteiger partial charge in [0.15, 0.2) is 11.5 Å². The fourth-order valence-electron chi connectivity index (χ4n) is 6.88. The van der Waals surface area contributed by atoms with Crippen LogP contribution in [0.1, 0.15) is 12.2 Å². The quantitative estimate of drug-likeness (QED) is 0.248. The molecule has 13 nitrogen and oxygen atoms in total. The van der Waals surface area contributed by atoms with Crippen LogP contribution in [0.4, 0.5) is 20.4 Å². The van der Waals surface area contributed by atoms with E-state index in [-0.39, 0.29) is 35.1 Å². The lowest BCUT2D eigenvalue weighted by Crippen LogP contribution is -2.47. The summed E-state index contributed by atoms with van der Waals surface area (Å²) < 4.78 is 37.8. The minimum atomic E-state index is -0.827. The number of nitrogens with zero attached hydrogens (tertiary/aromatic N) is 10. The molecular formula is C33H29Cl2F2N11O2. The third-order valence-corrected chi connectivity index (χ3v) is 9.69. The molecule has 17 heteroatoms. The molecule has 1 fully saturated rings. The number of methoxy groups -OCH3 is 1. The number of anilines is 2. The van der Waals surface area contributed by atoms with Crippen molar-refractivity contribution in [2.45, 2.75) is 38.1 Å². The fourth-order valence-corrected chi connectivity index (χ4v) is 7.23. The average Bonchev–Trinajstić information content (AvgIpc) is 3.79. The number of amides is 1. The molecule has 8 rings (SSSR count). The number of rotatable bonds is 3. The van der Waals surface area contributed by atoms with Gasteiger partial charge in [0.1, 0.15) is 46.4 Å². The highest BCUT2D eigenvalue weighted by Crippen LogP contribution is 2.36. The number of aromatic nitrogens is 8. The number of halogens is 4. The lowest BCUT2D eigenvalue weighted by atomic mass is 10.1. The third-order valence-electron chi connectivity index (χ3n) is 9.22. The molecule has 3 atom stereocenters. The first-order valence-corrected chi connectivity index (χ1v) is 16.5. The van der Waals surface area contributed by atoms with Gasteiger partial charge in [-0.15, -0.1) is 0 Å². The molecule has 1 amide bonds. The molecule has 5 aromatic heterocycles. The van der Waals surface area contributed by atoms with Gasteiger partial charge >= 0.3 is 0 Å². The maximum absolute atomic E-state index is 14.9. The molecule has 1 N–H and O–H groups in total. The average molecular weight is 721 g/mol. The van der Waals surface area contributed by atoms with Crippen molar-refractivity contribution in [3.05, 3.63) is 76.6 Å². The number of pyridine rings is 2. The number of aryl methyl sites for hydroxylation is 1. The monoisotopic (exact) mass is 719 g/mol. The number of imidazole rings is 1. The van der Waals surface area contributed by atoms with Gasteiger partial charge in [-0.1, -0.05) is 11.6 Å². The van der Waals surface area contributed by atoms with Crippen LogP contribution in [-0.4, -0.2) is 95.5 Å². The SMILES string of the molecule is CO[C@H]1CN(C)C(=O)[C@@H]2C[C@@H](CN2c2nc(Cl)nc3c2cnn3-c2ccc(F)cc2F)Nc2ccc(Cl)c(n2)-c2nccc3nc(C)n(c23)C1. The second-order valence-electron chi connectivity index (χ2n) is 12.4. The summed E-state index contributed by atoms with van der Waals surface area (Å²) in [5, 5.41) is 8.56. The standard InChI is InChI=1S/C33H29Cl2F2N11O2/c1-16-40-23-8-9-38-28-27-21(34)5-7-26(42-27)41-18-11-25(32(49)45(2)14-19(50-3)15-46(16)29(23)28)47(13-18)30-20-12-39-48(31(20)44-33(35)43-30)24-6-4-17(36)10-22(24)37/h4-10,12,18-19,25H,11,13-15H2,1-3H3,(H,41,42)/t18-,19-,25-/m0/s1. The van der Waals surface area contributed by atoms with Gasteiger partial charge in [0.2, 0.25) is 11.2 Å². The van der Waals surface area contributed by atoms with E-state index in [0.717, 1.165) is 29.0 Å². The summed E-state index contributed by atoms with van der Waals surface area (Å²) in [6.45, 7) is 2.86. The van der Waals surface area contributed by atoms with Crippen molar-refractivity contribution in [2.24, 2.45) is 0 Å². The molecule has 50 heavy (non-hydrogen) atoms. The summed E-state index contributed by atoms with van der Waals surface area (Å²) in [6, 6.07) is 7.55. The second-order valence-corrected chi connectivity index (χ2v) is 13.1. The lowest BCUT2D eigenvalue weighted by molar-refractivity contribution is -0.132. The van der Waals surface area contributed by atoms with Crippen LogP contribution in [0, 0.1) is 18.6 Å². The van der Waals surface area contributed by atoms with Gasteiger partial charge in [0.05, 0.1) is 40.3 Å². The number of benzene rings is 1. The van der Waals surface area contributed by atoms with E-state index in [1.165, 1.54) is 16.9 Å². The zero-order valence-electron chi connectivity index (χ0n) is 27.0. The Morgan fingerprint density at radius 2 is 1.84 bits per heavy atom. The first-order chi connectivity index (χ1) is 24.1. The first kappa shape index (κ1) is 32.2. The van der Waals surface area contributed by atoms with Crippen LogP contribution >= 0.6 is 23.2 Å². The van der Waals surface area contributed by atoms with E-state index in [4.69, 9.17) is 42.9 Å². The number of fused-ring (bicyclic) bond motifs is 6. The van der Waals surface area contributed by atoms with Crippen LogP contribution in [0.2, 0.25) is 10.3 Å². The van der Waals surface area contributed by atoms with E-state index >= 15 is 0 Å². The Bertz CT molecular complexity index is 2320. The maximum Gasteiger partial charge on any atom is 0.245 e. The number of hydrogen-bond acceptors (Lipinski definition) is 10. The molecule has 256 valence electrons. The van der Waals surface area contributed by atoms with Gasteiger partial charge in [0.25, 0.3) is 0 Å². The highest BCUT2D eigenvalue weighted by molar-refractivity contribution is 6.33. The number of nitrogens with one attached hydrogen (secondary N) is 1. The number of hydrogen-bond donors (Lipinski definition) is 1. The Morgan fingerprint density at radius 1 is 1.00 bits per heavy atom. The van der Waals surface area contributed by atoms with Crippen LogP contribution in [0.25, 0.3) is 39.1 Å². The zero-order chi connectivity index (χ0) is 34.8. The topological polar surface area (TPSA) is 132 Å². The van der Waals surface area contributed by atoms with Gasteiger partial charge < -0.3 is 24.4 Å². The molecule has 0 saturated carbocycles. The molecule has 6 aromatic rings. The molecule has 1 saturated heterocycles. The van der Waals surface area contributed by atoms with E-state index < -0.39 is 23.8 Å². The minimum absolute atomic E-state index is 0.0198. The third kappa shape index (κ3) is 5.45. The summed E-state index contributed by atoms with van der Waals surface area (Å²) in [7, 11) is 3.34. The van der Waals surface area contributed by atoms with Gasteiger partial charge in [-0.3, -0.25) is 9.78 Å². The molecule has 2 aliphatic rings. The molecule has 0 spiro atoms. The van der Waals surface area contributed by atoms with Crippen LogP contribution in [0.15, 0.2) is 48.8 Å². The Labute approximate surface area is 293 Å². The predicted molar refractivity (Wildman–Crippen MR) is 184 cm³/mol. The molecule has 2 aliphatic heterocycles. The number of likely N-dealkylation sites (N-methyl/N-ethyl adjacent to an activating group) is 1. The van der Waals surface area contributed by atoms with E-state index in [1.54, 1.807) is 37.4 Å². The van der Waals surface area contributed by atoms with Crippen molar-refractivity contribution in [1.82, 2.24) is 44.2 Å². The normalized spacial score (nSPS) is 19.6. The van der Waals surface area contributed by atoms with E-state index in [1.807, 2.05) is 22.5 Å². The number of carbonyl (C=O) groups excluding carboxylic acids is 1. The van der Waals surface area contributed by atoms with Crippen LogP contribution < -0.4 is 10.2 Å². The molecular weight excluding hydrogens is 691 g/mol. The lowest BCUT2D eigenvalue weighted by Gasteiger charge is -2.31. The van der Waals surface area contributed by atoms with Crippen molar-refractivity contribution in [3.63, 3.8) is 0 Å². The van der Waals surface area contributed by atoms with Crippen LogP contribution in [0.5, 0.6) is 0 Å². The summed E-state index contributed by atoms with van der Waals surface area (Å²) in [5.41, 5.74) is 2.73. The van der Waals surface area contributed by atoms with Crippen LogP contribution in [0.3, 0.4) is 0 Å². The predicted octanol–water partition coefficient (Wildman–Crippen LogP) is 5.06. The highest BCUT2D eigenvalue weighted by atomic mass is 35.5. The number of carbonyl (C=O) groups is 1. The fraction of sp³-hybridized carbons (Fsp3) is 0.303. The smallest absolute Gasteiger partial charge is 0.245 e. The van der Waals surface area contributed by atoms with Crippen molar-refractivity contribution in [2.75, 3.05) is 37.5 Å². The summed E-state index contributed by atoms with van der Waals surface area (Å²) in [5.74, 6) is -0.107.